The van der Waals surface area contributed by atoms with Crippen molar-refractivity contribution in [3.8, 4) is 5.75 Å². The SMILES string of the molecule is CCOC(=O)C1=C(COC(=O)[C@H](C)Oc2ccc(Cl)cc2)NC(=O)N[C@H]1c1ccccc1. The average Bonchev–Trinajstić information content (AvgIpc) is 2.79. The molecular weight excluding hydrogens is 436 g/mol. The number of urea groups is 1. The first kappa shape index (κ1) is 23.1. The van der Waals surface area contributed by atoms with Crippen LogP contribution < -0.4 is 15.4 Å². The molecule has 2 aromatic rings. The molecule has 0 aliphatic carbocycles. The molecule has 0 bridgehead atoms. The predicted molar refractivity (Wildman–Crippen MR) is 117 cm³/mol. The topological polar surface area (TPSA) is 103 Å². The van der Waals surface area contributed by atoms with Crippen molar-refractivity contribution in [1.82, 2.24) is 10.6 Å². The summed E-state index contributed by atoms with van der Waals surface area (Å²) >= 11 is 5.85. The van der Waals surface area contributed by atoms with E-state index in [-0.39, 0.29) is 24.5 Å². The molecule has 0 fully saturated rings. The number of amides is 2. The summed E-state index contributed by atoms with van der Waals surface area (Å²) in [7, 11) is 0. The minimum absolute atomic E-state index is 0.146. The average molecular weight is 459 g/mol. The first-order chi connectivity index (χ1) is 15.4. The van der Waals surface area contributed by atoms with Crippen LogP contribution in [0.1, 0.15) is 25.5 Å². The summed E-state index contributed by atoms with van der Waals surface area (Å²) in [5.41, 5.74) is 0.999. The molecule has 2 N–H and O–H groups in total. The Labute approximate surface area is 190 Å². The standard InChI is InChI=1S/C23H23ClN2O6/c1-3-30-22(28)19-18(25-23(29)26-20(19)15-7-5-4-6-8-15)13-31-21(27)14(2)32-17-11-9-16(24)10-12-17/h4-12,14,20H,3,13H2,1-2H3,(H2,25,26,29)/t14-,20-/m0/s1. The smallest absolute Gasteiger partial charge is 0.347 e. The van der Waals surface area contributed by atoms with Crippen molar-refractivity contribution >= 4 is 29.6 Å². The summed E-state index contributed by atoms with van der Waals surface area (Å²) in [5.74, 6) is -0.838. The molecule has 1 aliphatic heterocycles. The van der Waals surface area contributed by atoms with Gasteiger partial charge in [0.1, 0.15) is 12.4 Å². The second kappa shape index (κ2) is 10.7. The summed E-state index contributed by atoms with van der Waals surface area (Å²) in [5, 5.41) is 5.81. The van der Waals surface area contributed by atoms with Crippen molar-refractivity contribution in [2.75, 3.05) is 13.2 Å². The van der Waals surface area contributed by atoms with Gasteiger partial charge in [0.25, 0.3) is 0 Å². The van der Waals surface area contributed by atoms with Gasteiger partial charge in [-0.05, 0) is 43.7 Å². The maximum atomic E-state index is 12.7. The largest absolute Gasteiger partial charge is 0.479 e. The van der Waals surface area contributed by atoms with Crippen LogP contribution in [0.2, 0.25) is 5.02 Å². The number of hydrogen-bond acceptors (Lipinski definition) is 6. The number of carbonyl (C=O) groups excluding carboxylic acids is 3. The number of ether oxygens (including phenoxy) is 3. The Bertz CT molecular complexity index is 1010. The van der Waals surface area contributed by atoms with E-state index >= 15 is 0 Å². The molecule has 3 rings (SSSR count). The number of benzene rings is 2. The lowest BCUT2D eigenvalue weighted by Gasteiger charge is -2.29. The highest BCUT2D eigenvalue weighted by Crippen LogP contribution is 2.28. The Kier molecular flexibility index (Phi) is 7.72. The lowest BCUT2D eigenvalue weighted by Crippen LogP contribution is -2.47. The fraction of sp³-hybridized carbons (Fsp3) is 0.261. The normalized spacial score (nSPS) is 16.5. The number of rotatable bonds is 8. The van der Waals surface area contributed by atoms with Gasteiger partial charge in [-0.15, -0.1) is 0 Å². The summed E-state index contributed by atoms with van der Waals surface area (Å²) in [4.78, 5) is 37.4. The Hall–Kier alpha value is -3.52. The van der Waals surface area contributed by atoms with E-state index in [1.165, 1.54) is 6.92 Å². The highest BCUT2D eigenvalue weighted by Gasteiger charge is 2.34. The van der Waals surface area contributed by atoms with Gasteiger partial charge in [-0.1, -0.05) is 41.9 Å². The van der Waals surface area contributed by atoms with Crippen molar-refractivity contribution in [2.24, 2.45) is 0 Å². The molecule has 0 spiro atoms. The molecule has 1 aliphatic rings. The van der Waals surface area contributed by atoms with Gasteiger partial charge in [-0.25, -0.2) is 14.4 Å². The molecule has 2 atom stereocenters. The maximum Gasteiger partial charge on any atom is 0.347 e. The molecule has 2 amide bonds. The van der Waals surface area contributed by atoms with E-state index in [4.69, 9.17) is 25.8 Å². The molecule has 0 unspecified atom stereocenters. The van der Waals surface area contributed by atoms with Gasteiger partial charge >= 0.3 is 18.0 Å². The van der Waals surface area contributed by atoms with Crippen molar-refractivity contribution < 1.29 is 28.6 Å². The molecule has 168 valence electrons. The monoisotopic (exact) mass is 458 g/mol. The van der Waals surface area contributed by atoms with E-state index < -0.39 is 30.1 Å². The van der Waals surface area contributed by atoms with Crippen molar-refractivity contribution in [3.05, 3.63) is 76.5 Å². The Morgan fingerprint density at radius 3 is 2.41 bits per heavy atom. The molecule has 32 heavy (non-hydrogen) atoms. The van der Waals surface area contributed by atoms with Crippen LogP contribution in [-0.4, -0.2) is 37.3 Å². The summed E-state index contributed by atoms with van der Waals surface area (Å²) in [6, 6.07) is 14.2. The van der Waals surface area contributed by atoms with Gasteiger partial charge in [-0.3, -0.25) is 0 Å². The Morgan fingerprint density at radius 1 is 1.06 bits per heavy atom. The van der Waals surface area contributed by atoms with Crippen molar-refractivity contribution in [3.63, 3.8) is 0 Å². The lowest BCUT2D eigenvalue weighted by molar-refractivity contribution is -0.150. The van der Waals surface area contributed by atoms with Gasteiger partial charge in [0.2, 0.25) is 0 Å². The first-order valence-corrected chi connectivity index (χ1v) is 10.4. The molecule has 1 heterocycles. The third kappa shape index (κ3) is 5.79. The lowest BCUT2D eigenvalue weighted by atomic mass is 9.95. The molecule has 2 aromatic carbocycles. The third-order valence-corrected chi connectivity index (χ3v) is 4.85. The number of carbonyl (C=O) groups is 3. The number of halogens is 1. The minimum atomic E-state index is -0.926. The van der Waals surface area contributed by atoms with Crippen LogP contribution in [0, 0.1) is 0 Å². The molecule has 0 saturated heterocycles. The molecule has 0 saturated carbocycles. The summed E-state index contributed by atoms with van der Waals surface area (Å²) < 4.78 is 16.1. The van der Waals surface area contributed by atoms with E-state index in [9.17, 15) is 14.4 Å². The minimum Gasteiger partial charge on any atom is -0.479 e. The van der Waals surface area contributed by atoms with E-state index in [0.29, 0.717) is 16.3 Å². The van der Waals surface area contributed by atoms with Crippen LogP contribution in [0.3, 0.4) is 0 Å². The molecule has 8 nitrogen and oxygen atoms in total. The van der Waals surface area contributed by atoms with Gasteiger partial charge < -0.3 is 24.8 Å². The number of hydrogen-bond donors (Lipinski definition) is 2. The summed E-state index contributed by atoms with van der Waals surface area (Å²) in [6.07, 6.45) is -0.926. The van der Waals surface area contributed by atoms with Crippen LogP contribution in [0.5, 0.6) is 5.75 Å². The van der Waals surface area contributed by atoms with E-state index in [0.717, 1.165) is 0 Å². The number of esters is 2. The zero-order valence-electron chi connectivity index (χ0n) is 17.6. The molecular formula is C23H23ClN2O6. The fourth-order valence-corrected chi connectivity index (χ4v) is 3.23. The molecule has 0 aromatic heterocycles. The quantitative estimate of drug-likeness (QED) is 0.587. The summed E-state index contributed by atoms with van der Waals surface area (Å²) in [6.45, 7) is 3.03. The van der Waals surface area contributed by atoms with Crippen molar-refractivity contribution in [1.29, 1.82) is 0 Å². The highest BCUT2D eigenvalue weighted by atomic mass is 35.5. The zero-order valence-corrected chi connectivity index (χ0v) is 18.3. The van der Waals surface area contributed by atoms with Gasteiger partial charge in [0.15, 0.2) is 6.10 Å². The van der Waals surface area contributed by atoms with Crippen LogP contribution in [0.4, 0.5) is 4.79 Å². The van der Waals surface area contributed by atoms with Gasteiger partial charge in [0.05, 0.1) is 23.9 Å². The Morgan fingerprint density at radius 2 is 1.75 bits per heavy atom. The molecule has 0 radical (unpaired) electrons. The Balaban J connectivity index is 1.78. The third-order valence-electron chi connectivity index (χ3n) is 4.60. The van der Waals surface area contributed by atoms with Crippen LogP contribution in [-0.2, 0) is 19.1 Å². The van der Waals surface area contributed by atoms with Gasteiger partial charge in [0, 0.05) is 5.02 Å². The van der Waals surface area contributed by atoms with Gasteiger partial charge in [-0.2, -0.15) is 0 Å². The molecule has 9 heteroatoms. The van der Waals surface area contributed by atoms with Crippen LogP contribution in [0.25, 0.3) is 0 Å². The number of nitrogens with one attached hydrogen (secondary N) is 2. The fourth-order valence-electron chi connectivity index (χ4n) is 3.10. The van der Waals surface area contributed by atoms with Crippen LogP contribution in [0.15, 0.2) is 65.9 Å². The van der Waals surface area contributed by atoms with E-state index in [1.807, 2.05) is 6.07 Å². The first-order valence-electron chi connectivity index (χ1n) is 10.0. The van der Waals surface area contributed by atoms with Crippen molar-refractivity contribution in [2.45, 2.75) is 26.0 Å². The zero-order chi connectivity index (χ0) is 23.1. The predicted octanol–water partition coefficient (Wildman–Crippen LogP) is 3.52. The second-order valence-electron chi connectivity index (χ2n) is 6.88. The van der Waals surface area contributed by atoms with Crippen LogP contribution >= 0.6 is 11.6 Å². The second-order valence-corrected chi connectivity index (χ2v) is 7.31. The van der Waals surface area contributed by atoms with E-state index in [1.54, 1.807) is 55.5 Å². The maximum absolute atomic E-state index is 12.7. The highest BCUT2D eigenvalue weighted by molar-refractivity contribution is 6.30. The van der Waals surface area contributed by atoms with E-state index in [2.05, 4.69) is 10.6 Å².